The number of nitrogens with zero attached hydrogens (tertiary/aromatic N) is 4. The minimum absolute atomic E-state index is 0.0697. The van der Waals surface area contributed by atoms with Crippen LogP contribution in [0.5, 0.6) is 0 Å². The second kappa shape index (κ2) is 7.66. The summed E-state index contributed by atoms with van der Waals surface area (Å²) in [6, 6.07) is 8.32. The summed E-state index contributed by atoms with van der Waals surface area (Å²) in [6.07, 6.45) is 2.35. The van der Waals surface area contributed by atoms with Gasteiger partial charge in [0.25, 0.3) is 0 Å². The fourth-order valence-corrected chi connectivity index (χ4v) is 4.29. The highest BCUT2D eigenvalue weighted by atomic mass is 19.1. The van der Waals surface area contributed by atoms with Crippen LogP contribution in [0.1, 0.15) is 52.6 Å². The molecule has 0 fully saturated rings. The van der Waals surface area contributed by atoms with Crippen molar-refractivity contribution in [1.29, 1.82) is 0 Å². The zero-order valence-corrected chi connectivity index (χ0v) is 16.8. The molecule has 1 aromatic heterocycles. The Hall–Kier alpha value is -3.46. The highest BCUT2D eigenvalue weighted by Crippen LogP contribution is 2.40. The van der Waals surface area contributed by atoms with Crippen LogP contribution in [0.15, 0.2) is 47.7 Å². The molecule has 158 valence electrons. The Bertz CT molecular complexity index is 1190. The van der Waals surface area contributed by atoms with Crippen molar-refractivity contribution in [2.45, 2.75) is 31.8 Å². The number of benzene rings is 2. The van der Waals surface area contributed by atoms with Crippen LogP contribution < -0.4 is 10.9 Å². The third-order valence-corrected chi connectivity index (χ3v) is 5.63. The summed E-state index contributed by atoms with van der Waals surface area (Å²) in [5.41, 5.74) is 8.99. The van der Waals surface area contributed by atoms with Gasteiger partial charge in [-0.2, -0.15) is 5.10 Å². The van der Waals surface area contributed by atoms with Gasteiger partial charge in [-0.1, -0.05) is 19.1 Å². The molecule has 2 aliphatic rings. The first-order valence-corrected chi connectivity index (χ1v) is 10.1. The van der Waals surface area contributed by atoms with Crippen LogP contribution in [0.4, 0.5) is 14.5 Å². The predicted octanol–water partition coefficient (Wildman–Crippen LogP) is 3.41. The van der Waals surface area contributed by atoms with Crippen LogP contribution in [0.2, 0.25) is 0 Å². The van der Waals surface area contributed by atoms with Gasteiger partial charge in [0.05, 0.1) is 23.4 Å². The largest absolute Gasteiger partial charge is 0.320 e. The molecule has 0 bridgehead atoms. The number of rotatable bonds is 4. The molecule has 0 aliphatic carbocycles. The number of hydrazine groups is 1. The van der Waals surface area contributed by atoms with Gasteiger partial charge in [0, 0.05) is 17.7 Å². The summed E-state index contributed by atoms with van der Waals surface area (Å²) in [4.78, 5) is 21.7. The summed E-state index contributed by atoms with van der Waals surface area (Å²) >= 11 is 0. The molecule has 2 aliphatic heterocycles. The van der Waals surface area contributed by atoms with Crippen LogP contribution in [-0.4, -0.2) is 32.8 Å². The summed E-state index contributed by atoms with van der Waals surface area (Å²) in [6.45, 7) is 2.63. The minimum Gasteiger partial charge on any atom is -0.320 e. The molecule has 0 spiro atoms. The third kappa shape index (κ3) is 3.31. The molecule has 5 rings (SSSR count). The topological polar surface area (TPSA) is 84.2 Å². The van der Waals surface area contributed by atoms with Crippen molar-refractivity contribution in [3.05, 3.63) is 76.9 Å². The van der Waals surface area contributed by atoms with Gasteiger partial charge in [-0.3, -0.25) is 9.79 Å². The van der Waals surface area contributed by atoms with Crippen molar-refractivity contribution in [2.75, 3.05) is 12.0 Å². The Morgan fingerprint density at radius 2 is 1.97 bits per heavy atom. The number of carbonyl (C=O) groups is 1. The van der Waals surface area contributed by atoms with Gasteiger partial charge in [0.1, 0.15) is 30.3 Å². The molecular weight excluding hydrogens is 402 g/mol. The number of aryl methyl sites for hydroxylation is 1. The fourth-order valence-electron chi connectivity index (χ4n) is 4.29. The molecule has 0 amide bonds. The van der Waals surface area contributed by atoms with Crippen LogP contribution in [0.25, 0.3) is 0 Å². The minimum atomic E-state index is -0.511. The van der Waals surface area contributed by atoms with Crippen LogP contribution in [-0.2, 0) is 6.54 Å². The van der Waals surface area contributed by atoms with Gasteiger partial charge in [0.2, 0.25) is 0 Å². The van der Waals surface area contributed by atoms with E-state index in [1.165, 1.54) is 30.6 Å². The molecule has 2 N–H and O–H groups in total. The number of aromatic nitrogens is 3. The van der Waals surface area contributed by atoms with Gasteiger partial charge in [-0.25, -0.2) is 23.9 Å². The maximum Gasteiger partial charge on any atom is 0.185 e. The van der Waals surface area contributed by atoms with Gasteiger partial charge >= 0.3 is 0 Å². The van der Waals surface area contributed by atoms with E-state index in [9.17, 15) is 13.6 Å². The van der Waals surface area contributed by atoms with Gasteiger partial charge < -0.3 is 5.43 Å². The molecule has 3 heterocycles. The normalized spacial score (nSPS) is 20.0. The predicted molar refractivity (Wildman–Crippen MR) is 111 cm³/mol. The van der Waals surface area contributed by atoms with Gasteiger partial charge in [0.15, 0.2) is 5.78 Å². The Kier molecular flexibility index (Phi) is 4.82. The lowest BCUT2D eigenvalue weighted by Gasteiger charge is -2.28. The van der Waals surface area contributed by atoms with Crippen molar-refractivity contribution in [3.63, 3.8) is 0 Å². The molecule has 9 heteroatoms. The summed E-state index contributed by atoms with van der Waals surface area (Å²) in [5, 5.41) is 4.36. The lowest BCUT2D eigenvalue weighted by Crippen LogP contribution is -2.35. The standard InChI is InChI=1S/C22H20F2N6O/c1-2-7-30-22(26-11-27-30)19-20(12-3-5-13(23)6-4-12)29-28-16-9-14(24)8-15-17(31)10-25-21(19)18(15)16/h3-6,8-9,11,19-20,28-29H,2,7,10H2,1H3. The Morgan fingerprint density at radius 1 is 1.16 bits per heavy atom. The van der Waals surface area contributed by atoms with E-state index >= 15 is 0 Å². The van der Waals surface area contributed by atoms with E-state index in [-0.39, 0.29) is 18.1 Å². The number of anilines is 1. The number of Topliss-reactive ketones (excluding diaryl/α,β-unsaturated/α-hetero) is 1. The highest BCUT2D eigenvalue weighted by molar-refractivity contribution is 6.20. The zero-order valence-electron chi connectivity index (χ0n) is 16.8. The average Bonchev–Trinajstić information content (AvgIpc) is 3.14. The number of nitrogens with one attached hydrogen (secondary N) is 2. The Morgan fingerprint density at radius 3 is 2.74 bits per heavy atom. The van der Waals surface area contributed by atoms with E-state index in [0.717, 1.165) is 12.0 Å². The van der Waals surface area contributed by atoms with Crippen molar-refractivity contribution in [2.24, 2.45) is 4.99 Å². The Balaban J connectivity index is 1.74. The summed E-state index contributed by atoms with van der Waals surface area (Å²) in [7, 11) is 0. The number of ketones is 1. The summed E-state index contributed by atoms with van der Waals surface area (Å²) in [5.74, 6) is -0.865. The molecule has 2 aromatic carbocycles. The maximum absolute atomic E-state index is 14.3. The van der Waals surface area contributed by atoms with Crippen molar-refractivity contribution in [3.8, 4) is 0 Å². The van der Waals surface area contributed by atoms with E-state index in [1.54, 1.807) is 12.1 Å². The van der Waals surface area contributed by atoms with E-state index in [1.807, 2.05) is 11.6 Å². The molecule has 3 aromatic rings. The van der Waals surface area contributed by atoms with Crippen LogP contribution in [0, 0.1) is 11.6 Å². The first kappa shape index (κ1) is 19.5. The Labute approximate surface area is 177 Å². The van der Waals surface area contributed by atoms with Crippen LogP contribution in [0.3, 0.4) is 0 Å². The molecular formula is C22H20F2N6O. The molecule has 2 atom stereocenters. The average molecular weight is 422 g/mol. The number of hydrogen-bond acceptors (Lipinski definition) is 6. The van der Waals surface area contributed by atoms with Gasteiger partial charge in [-0.15, -0.1) is 0 Å². The van der Waals surface area contributed by atoms with Crippen molar-refractivity contribution >= 4 is 17.2 Å². The van der Waals surface area contributed by atoms with Crippen molar-refractivity contribution in [1.82, 2.24) is 20.2 Å². The fraction of sp³-hybridized carbons (Fsp3) is 0.273. The second-order valence-electron chi connectivity index (χ2n) is 7.62. The number of carbonyl (C=O) groups excluding carboxylic acids is 1. The third-order valence-electron chi connectivity index (χ3n) is 5.63. The number of aliphatic imine (C=N–C) groups is 1. The van der Waals surface area contributed by atoms with E-state index in [0.29, 0.717) is 34.9 Å². The maximum atomic E-state index is 14.3. The lowest BCUT2D eigenvalue weighted by atomic mass is 9.82. The van der Waals surface area contributed by atoms with E-state index < -0.39 is 17.8 Å². The molecule has 7 nitrogen and oxygen atoms in total. The van der Waals surface area contributed by atoms with Gasteiger partial charge in [-0.05, 0) is 36.2 Å². The number of hydrogen-bond donors (Lipinski definition) is 2. The van der Waals surface area contributed by atoms with E-state index in [2.05, 4.69) is 25.9 Å². The zero-order chi connectivity index (χ0) is 21.5. The summed E-state index contributed by atoms with van der Waals surface area (Å²) < 4.78 is 29.7. The molecule has 0 radical (unpaired) electrons. The van der Waals surface area contributed by atoms with Crippen molar-refractivity contribution < 1.29 is 13.6 Å². The SMILES string of the molecule is CCCn1ncnc1C1C2=NCC(=O)c3cc(F)cc(c32)NNC1c1ccc(F)cc1. The second-order valence-corrected chi connectivity index (χ2v) is 7.62. The smallest absolute Gasteiger partial charge is 0.185 e. The molecule has 0 saturated carbocycles. The first-order chi connectivity index (χ1) is 15.1. The number of halogens is 2. The van der Waals surface area contributed by atoms with E-state index in [4.69, 9.17) is 0 Å². The highest BCUT2D eigenvalue weighted by Gasteiger charge is 2.40. The molecule has 31 heavy (non-hydrogen) atoms. The van der Waals surface area contributed by atoms with Crippen LogP contribution >= 0.6 is 0 Å². The quantitative estimate of drug-likeness (QED) is 0.673. The molecule has 0 saturated heterocycles. The molecule has 2 unspecified atom stereocenters. The lowest BCUT2D eigenvalue weighted by molar-refractivity contribution is 0.0999. The monoisotopic (exact) mass is 422 g/mol. The first-order valence-electron chi connectivity index (χ1n) is 10.1.